The zero-order chi connectivity index (χ0) is 22.6. The van der Waals surface area contributed by atoms with Gasteiger partial charge in [0, 0.05) is 23.5 Å². The highest BCUT2D eigenvalue weighted by Crippen LogP contribution is 2.30. The van der Waals surface area contributed by atoms with Crippen LogP contribution < -0.4 is 4.31 Å². The molecule has 0 aliphatic heterocycles. The van der Waals surface area contributed by atoms with Gasteiger partial charge < -0.3 is 4.74 Å². The van der Waals surface area contributed by atoms with E-state index in [9.17, 15) is 22.0 Å². The third kappa shape index (κ3) is 5.18. The van der Waals surface area contributed by atoms with Crippen molar-refractivity contribution in [2.24, 2.45) is 0 Å². The number of nitrogens with zero attached hydrogens (tertiary/aromatic N) is 2. The van der Waals surface area contributed by atoms with Crippen LogP contribution in [0, 0.1) is 11.6 Å². The van der Waals surface area contributed by atoms with Crippen LogP contribution in [0.25, 0.3) is 0 Å². The van der Waals surface area contributed by atoms with Gasteiger partial charge in [0.05, 0.1) is 22.2 Å². The molecule has 162 valence electrons. The molecule has 0 fully saturated rings. The van der Waals surface area contributed by atoms with Crippen molar-refractivity contribution in [3.63, 3.8) is 0 Å². The largest absolute Gasteiger partial charge is 0.460 e. The second-order valence-electron chi connectivity index (χ2n) is 6.54. The molecule has 10 heteroatoms. The molecular formula is C21H17ClF2N2O4S. The molecule has 2 aromatic carbocycles. The molecule has 1 aromatic heterocycles. The minimum absolute atomic E-state index is 0.166. The number of halogens is 3. The molecule has 3 aromatic rings. The molecule has 0 saturated heterocycles. The lowest BCUT2D eigenvalue weighted by atomic mass is 10.2. The standard InChI is InChI=1S/C21H17ClF2N2O4S/c1-14(13-30-21(27)15-3-2-10-25-12-15)26(20-11-17(23)6-9-19(20)24)31(28,29)18-7-4-16(22)5-8-18/h2-12,14H,13H2,1H3/t14-/m1/s1. The number of carbonyl (C=O) groups excluding carboxylic acids is 1. The Morgan fingerprint density at radius 3 is 2.52 bits per heavy atom. The molecule has 1 atom stereocenters. The smallest absolute Gasteiger partial charge is 0.339 e. The predicted octanol–water partition coefficient (Wildman–Crippen LogP) is 4.45. The number of pyridine rings is 1. The van der Waals surface area contributed by atoms with E-state index in [0.717, 1.165) is 18.2 Å². The van der Waals surface area contributed by atoms with Gasteiger partial charge in [0.2, 0.25) is 0 Å². The summed E-state index contributed by atoms with van der Waals surface area (Å²) in [6.07, 6.45) is 2.77. The fourth-order valence-electron chi connectivity index (χ4n) is 2.81. The Bertz CT molecular complexity index is 1180. The number of anilines is 1. The van der Waals surface area contributed by atoms with Gasteiger partial charge in [-0.2, -0.15) is 0 Å². The third-order valence-electron chi connectivity index (χ3n) is 4.27. The predicted molar refractivity (Wildman–Crippen MR) is 111 cm³/mol. The van der Waals surface area contributed by atoms with Crippen molar-refractivity contribution in [1.82, 2.24) is 4.98 Å². The van der Waals surface area contributed by atoms with E-state index in [2.05, 4.69) is 4.98 Å². The van der Waals surface area contributed by atoms with Gasteiger partial charge in [-0.3, -0.25) is 9.29 Å². The van der Waals surface area contributed by atoms with Gasteiger partial charge in [0.15, 0.2) is 0 Å². The summed E-state index contributed by atoms with van der Waals surface area (Å²) < 4.78 is 60.9. The maximum Gasteiger partial charge on any atom is 0.339 e. The first-order chi connectivity index (χ1) is 14.7. The zero-order valence-electron chi connectivity index (χ0n) is 16.2. The van der Waals surface area contributed by atoms with Crippen LogP contribution in [0.4, 0.5) is 14.5 Å². The number of ether oxygens (including phenoxy) is 1. The van der Waals surface area contributed by atoms with Crippen molar-refractivity contribution in [3.8, 4) is 0 Å². The van der Waals surface area contributed by atoms with Crippen LogP contribution in [-0.2, 0) is 14.8 Å². The number of esters is 1. The van der Waals surface area contributed by atoms with E-state index in [4.69, 9.17) is 16.3 Å². The maximum absolute atomic E-state index is 14.5. The average Bonchev–Trinajstić information content (AvgIpc) is 2.75. The molecule has 6 nitrogen and oxygen atoms in total. The molecule has 0 bridgehead atoms. The molecule has 0 spiro atoms. The highest BCUT2D eigenvalue weighted by atomic mass is 35.5. The van der Waals surface area contributed by atoms with E-state index in [0.29, 0.717) is 9.33 Å². The van der Waals surface area contributed by atoms with Crippen molar-refractivity contribution < 1.29 is 26.7 Å². The third-order valence-corrected chi connectivity index (χ3v) is 6.46. The zero-order valence-corrected chi connectivity index (χ0v) is 17.8. The molecule has 0 saturated carbocycles. The van der Waals surface area contributed by atoms with Gasteiger partial charge in [0.1, 0.15) is 18.2 Å². The lowest BCUT2D eigenvalue weighted by Gasteiger charge is -2.30. The van der Waals surface area contributed by atoms with Crippen LogP contribution in [0.15, 0.2) is 71.9 Å². The number of aromatic nitrogens is 1. The van der Waals surface area contributed by atoms with E-state index >= 15 is 0 Å². The van der Waals surface area contributed by atoms with Crippen LogP contribution in [-0.4, -0.2) is 32.0 Å². The van der Waals surface area contributed by atoms with Gasteiger partial charge in [0.25, 0.3) is 10.0 Å². The van der Waals surface area contributed by atoms with Gasteiger partial charge in [-0.25, -0.2) is 22.0 Å². The van der Waals surface area contributed by atoms with E-state index < -0.39 is 46.0 Å². The quantitative estimate of drug-likeness (QED) is 0.481. The van der Waals surface area contributed by atoms with Crippen LogP contribution in [0.5, 0.6) is 0 Å². The van der Waals surface area contributed by atoms with Gasteiger partial charge in [-0.1, -0.05) is 11.6 Å². The van der Waals surface area contributed by atoms with Crippen LogP contribution in [0.3, 0.4) is 0 Å². The first-order valence-electron chi connectivity index (χ1n) is 9.02. The van der Waals surface area contributed by atoms with Crippen LogP contribution in [0.1, 0.15) is 17.3 Å². The van der Waals surface area contributed by atoms with Crippen LogP contribution >= 0.6 is 11.6 Å². The number of hydrogen-bond acceptors (Lipinski definition) is 5. The summed E-state index contributed by atoms with van der Waals surface area (Å²) in [6, 6.07) is 9.63. The first kappa shape index (κ1) is 22.6. The minimum atomic E-state index is -4.36. The molecule has 0 aliphatic carbocycles. The number of carbonyl (C=O) groups is 1. The fourth-order valence-corrected chi connectivity index (χ4v) is 4.58. The summed E-state index contributed by atoms with van der Waals surface area (Å²) in [5.41, 5.74) is -0.348. The fraction of sp³-hybridized carbons (Fsp3) is 0.143. The van der Waals surface area contributed by atoms with Crippen molar-refractivity contribution in [3.05, 3.63) is 89.2 Å². The number of sulfonamides is 1. The first-order valence-corrected chi connectivity index (χ1v) is 10.8. The van der Waals surface area contributed by atoms with Gasteiger partial charge >= 0.3 is 5.97 Å². The SMILES string of the molecule is C[C@H](COC(=O)c1cccnc1)N(c1cc(F)ccc1F)S(=O)(=O)c1ccc(Cl)cc1. The molecule has 3 rings (SSSR count). The van der Waals surface area contributed by atoms with E-state index in [1.54, 1.807) is 6.07 Å². The Morgan fingerprint density at radius 2 is 1.87 bits per heavy atom. The van der Waals surface area contributed by atoms with Gasteiger partial charge in [-0.15, -0.1) is 0 Å². The summed E-state index contributed by atoms with van der Waals surface area (Å²) in [5, 5.41) is 0.306. The van der Waals surface area contributed by atoms with E-state index in [1.807, 2.05) is 0 Å². The highest BCUT2D eigenvalue weighted by molar-refractivity contribution is 7.92. The molecule has 0 unspecified atom stereocenters. The Kier molecular flexibility index (Phi) is 6.87. The molecule has 1 heterocycles. The van der Waals surface area contributed by atoms with Gasteiger partial charge in [-0.05, 0) is 55.5 Å². The number of benzene rings is 2. The second kappa shape index (κ2) is 9.40. The Hall–Kier alpha value is -3.04. The summed E-state index contributed by atoms with van der Waals surface area (Å²) >= 11 is 5.83. The van der Waals surface area contributed by atoms with Crippen molar-refractivity contribution >= 4 is 33.3 Å². The lowest BCUT2D eigenvalue weighted by molar-refractivity contribution is 0.0488. The average molecular weight is 467 g/mol. The lowest BCUT2D eigenvalue weighted by Crippen LogP contribution is -2.42. The molecule has 0 aliphatic rings. The topological polar surface area (TPSA) is 76.6 Å². The highest BCUT2D eigenvalue weighted by Gasteiger charge is 2.32. The Balaban J connectivity index is 1.96. The number of rotatable bonds is 7. The molecule has 31 heavy (non-hydrogen) atoms. The van der Waals surface area contributed by atoms with E-state index in [-0.39, 0.29) is 10.5 Å². The summed E-state index contributed by atoms with van der Waals surface area (Å²) in [5.74, 6) is -2.51. The Labute approximate surface area is 183 Å². The normalized spacial score (nSPS) is 12.3. The van der Waals surface area contributed by atoms with Crippen LogP contribution in [0.2, 0.25) is 5.02 Å². The monoisotopic (exact) mass is 466 g/mol. The van der Waals surface area contributed by atoms with E-state index in [1.165, 1.54) is 49.6 Å². The summed E-state index contributed by atoms with van der Waals surface area (Å²) in [7, 11) is -4.36. The van der Waals surface area contributed by atoms with Crippen molar-refractivity contribution in [1.29, 1.82) is 0 Å². The number of hydrogen-bond donors (Lipinski definition) is 0. The maximum atomic E-state index is 14.5. The van der Waals surface area contributed by atoms with Crippen molar-refractivity contribution in [2.45, 2.75) is 17.9 Å². The molecule has 0 radical (unpaired) electrons. The summed E-state index contributed by atoms with van der Waals surface area (Å²) in [6.45, 7) is 0.991. The van der Waals surface area contributed by atoms with Crippen molar-refractivity contribution in [2.75, 3.05) is 10.9 Å². The Morgan fingerprint density at radius 1 is 1.16 bits per heavy atom. The minimum Gasteiger partial charge on any atom is -0.460 e. The molecule has 0 amide bonds. The second-order valence-corrected chi connectivity index (χ2v) is 8.79. The molecule has 0 N–H and O–H groups in total. The summed E-state index contributed by atoms with van der Waals surface area (Å²) in [4.78, 5) is 15.8. The molecular weight excluding hydrogens is 450 g/mol.